The van der Waals surface area contributed by atoms with Gasteiger partial charge in [-0.05, 0) is 18.9 Å². The number of ether oxygens (including phenoxy) is 1. The Labute approximate surface area is 163 Å². The molecule has 1 aliphatic rings. The van der Waals surface area contributed by atoms with E-state index in [0.717, 1.165) is 12.6 Å². The summed E-state index contributed by atoms with van der Waals surface area (Å²) >= 11 is 0. The van der Waals surface area contributed by atoms with Crippen molar-refractivity contribution >= 4 is 11.8 Å². The summed E-state index contributed by atoms with van der Waals surface area (Å²) < 4.78 is 46.2. The highest BCUT2D eigenvalue weighted by Crippen LogP contribution is 2.33. The van der Waals surface area contributed by atoms with Crippen LogP contribution in [0.3, 0.4) is 0 Å². The lowest BCUT2D eigenvalue weighted by atomic mass is 10.2. The van der Waals surface area contributed by atoms with E-state index in [4.69, 9.17) is 4.74 Å². The van der Waals surface area contributed by atoms with Crippen LogP contribution in [0, 0.1) is 0 Å². The number of likely N-dealkylation sites (tertiary alicyclic amines) is 1. The molecule has 0 aliphatic carbocycles. The number of halogens is 3. The molecule has 0 unspecified atom stereocenters. The second kappa shape index (κ2) is 8.45. The monoisotopic (exact) mass is 412 g/mol. The molecule has 2 aromatic heterocycles. The van der Waals surface area contributed by atoms with Gasteiger partial charge in [-0.15, -0.1) is 10.2 Å². The van der Waals surface area contributed by atoms with Crippen LogP contribution < -0.4 is 10.1 Å². The summed E-state index contributed by atoms with van der Waals surface area (Å²) in [6, 6.07) is 2.59. The maximum atomic E-state index is 13.6. The SMILES string of the molecule is COc1ccc(-n2ncc(C(=O)NCCCN3CCCC3=O)c2C(F)(F)F)nn1. The number of methoxy groups -OCH3 is 1. The molecule has 1 aliphatic heterocycles. The van der Waals surface area contributed by atoms with E-state index < -0.39 is 23.3 Å². The lowest BCUT2D eigenvalue weighted by Gasteiger charge is -2.15. The Hall–Kier alpha value is -3.18. The average Bonchev–Trinajstić information content (AvgIpc) is 3.31. The fraction of sp³-hybridized carbons (Fsp3) is 0.471. The molecule has 0 saturated carbocycles. The van der Waals surface area contributed by atoms with Gasteiger partial charge in [0.25, 0.3) is 5.91 Å². The first-order valence-electron chi connectivity index (χ1n) is 8.90. The molecular weight excluding hydrogens is 393 g/mol. The van der Waals surface area contributed by atoms with E-state index >= 15 is 0 Å². The van der Waals surface area contributed by atoms with Gasteiger partial charge in [0.1, 0.15) is 0 Å². The zero-order valence-corrected chi connectivity index (χ0v) is 15.6. The lowest BCUT2D eigenvalue weighted by molar-refractivity contribution is -0.143. The van der Waals surface area contributed by atoms with E-state index in [1.807, 2.05) is 0 Å². The number of hydrogen-bond donors (Lipinski definition) is 1. The van der Waals surface area contributed by atoms with Crippen LogP contribution in [0.2, 0.25) is 0 Å². The second-order valence-corrected chi connectivity index (χ2v) is 6.34. The molecule has 2 aromatic rings. The van der Waals surface area contributed by atoms with Crippen molar-refractivity contribution in [1.29, 1.82) is 0 Å². The van der Waals surface area contributed by atoms with Crippen molar-refractivity contribution in [2.24, 2.45) is 0 Å². The first-order valence-corrected chi connectivity index (χ1v) is 8.90. The summed E-state index contributed by atoms with van der Waals surface area (Å²) in [5, 5.41) is 13.4. The van der Waals surface area contributed by atoms with Gasteiger partial charge in [-0.25, -0.2) is 4.68 Å². The van der Waals surface area contributed by atoms with E-state index in [2.05, 4.69) is 20.6 Å². The fourth-order valence-electron chi connectivity index (χ4n) is 3.00. The zero-order valence-electron chi connectivity index (χ0n) is 15.6. The highest BCUT2D eigenvalue weighted by atomic mass is 19.4. The number of hydrogen-bond acceptors (Lipinski definition) is 6. The van der Waals surface area contributed by atoms with Crippen molar-refractivity contribution in [3.8, 4) is 11.7 Å². The Morgan fingerprint density at radius 1 is 1.31 bits per heavy atom. The number of nitrogens with zero attached hydrogens (tertiary/aromatic N) is 5. The van der Waals surface area contributed by atoms with Gasteiger partial charge < -0.3 is 15.0 Å². The van der Waals surface area contributed by atoms with E-state index in [0.29, 0.717) is 30.6 Å². The third-order valence-corrected chi connectivity index (χ3v) is 4.40. The number of amides is 2. The van der Waals surface area contributed by atoms with Crippen LogP contribution in [0.4, 0.5) is 13.2 Å². The third-order valence-electron chi connectivity index (χ3n) is 4.40. The van der Waals surface area contributed by atoms with Gasteiger partial charge >= 0.3 is 6.18 Å². The molecule has 0 aromatic carbocycles. The molecule has 0 bridgehead atoms. The van der Waals surface area contributed by atoms with E-state index in [-0.39, 0.29) is 24.1 Å². The van der Waals surface area contributed by atoms with Gasteiger partial charge in [0.15, 0.2) is 11.5 Å². The highest BCUT2D eigenvalue weighted by molar-refractivity contribution is 5.95. The van der Waals surface area contributed by atoms with E-state index in [9.17, 15) is 22.8 Å². The predicted octanol–water partition coefficient (Wildman–Crippen LogP) is 1.43. The van der Waals surface area contributed by atoms with E-state index in [1.165, 1.54) is 19.2 Å². The summed E-state index contributed by atoms with van der Waals surface area (Å²) in [5.41, 5.74) is -1.86. The topological polar surface area (TPSA) is 102 Å². The molecule has 1 N–H and O–H groups in total. The van der Waals surface area contributed by atoms with Gasteiger partial charge in [0.2, 0.25) is 11.8 Å². The maximum absolute atomic E-state index is 13.6. The normalized spacial score (nSPS) is 14.3. The summed E-state index contributed by atoms with van der Waals surface area (Å²) in [6.07, 6.45) is -2.25. The predicted molar refractivity (Wildman–Crippen MR) is 93.5 cm³/mol. The first-order chi connectivity index (χ1) is 13.8. The fourth-order valence-corrected chi connectivity index (χ4v) is 3.00. The minimum Gasteiger partial charge on any atom is -0.480 e. The minimum absolute atomic E-state index is 0.0533. The van der Waals surface area contributed by atoms with Gasteiger partial charge in [0, 0.05) is 32.1 Å². The van der Waals surface area contributed by atoms with Crippen molar-refractivity contribution < 1.29 is 27.5 Å². The zero-order chi connectivity index (χ0) is 21.0. The Balaban J connectivity index is 1.71. The number of rotatable bonds is 7. The van der Waals surface area contributed by atoms with Gasteiger partial charge in [-0.3, -0.25) is 9.59 Å². The molecule has 0 radical (unpaired) electrons. The first kappa shape index (κ1) is 20.6. The molecule has 29 heavy (non-hydrogen) atoms. The highest BCUT2D eigenvalue weighted by Gasteiger charge is 2.41. The minimum atomic E-state index is -4.84. The largest absolute Gasteiger partial charge is 0.480 e. The standard InChI is InChI=1S/C17H19F3N6O3/c1-29-13-6-5-12(23-24-13)26-15(17(18,19)20)11(10-22-26)16(28)21-7-3-9-25-8-2-4-14(25)27/h5-6,10H,2-4,7-9H2,1H3,(H,21,28). The van der Waals surface area contributed by atoms with Gasteiger partial charge in [-0.2, -0.15) is 18.3 Å². The average molecular weight is 412 g/mol. The number of carbonyl (C=O) groups excluding carboxylic acids is 2. The molecule has 0 spiro atoms. The number of nitrogens with one attached hydrogen (secondary N) is 1. The van der Waals surface area contributed by atoms with Crippen LogP contribution in [-0.2, 0) is 11.0 Å². The van der Waals surface area contributed by atoms with Crippen LogP contribution in [-0.4, -0.2) is 63.4 Å². The molecule has 2 amide bonds. The van der Waals surface area contributed by atoms with Crippen LogP contribution in [0.1, 0.15) is 35.3 Å². The molecular formula is C17H19F3N6O3. The molecule has 0 atom stereocenters. The summed E-state index contributed by atoms with van der Waals surface area (Å²) in [7, 11) is 1.35. The summed E-state index contributed by atoms with van der Waals surface area (Å²) in [6.45, 7) is 1.25. The Kier molecular flexibility index (Phi) is 5.99. The summed E-state index contributed by atoms with van der Waals surface area (Å²) in [4.78, 5) is 25.5. The molecule has 3 rings (SSSR count). The van der Waals surface area contributed by atoms with Crippen molar-refractivity contribution in [3.63, 3.8) is 0 Å². The Morgan fingerprint density at radius 2 is 2.10 bits per heavy atom. The Bertz CT molecular complexity index is 882. The molecule has 1 saturated heterocycles. The second-order valence-electron chi connectivity index (χ2n) is 6.34. The molecule has 3 heterocycles. The summed E-state index contributed by atoms with van der Waals surface area (Å²) in [5.74, 6) is -0.927. The van der Waals surface area contributed by atoms with Crippen molar-refractivity contribution in [3.05, 3.63) is 29.6 Å². The molecule has 156 valence electrons. The number of alkyl halides is 3. The third kappa shape index (κ3) is 4.63. The quantitative estimate of drug-likeness (QED) is 0.691. The van der Waals surface area contributed by atoms with Crippen molar-refractivity contribution in [2.75, 3.05) is 26.7 Å². The van der Waals surface area contributed by atoms with Crippen LogP contribution in [0.5, 0.6) is 5.88 Å². The number of carbonyl (C=O) groups is 2. The lowest BCUT2D eigenvalue weighted by Crippen LogP contribution is -2.31. The van der Waals surface area contributed by atoms with Crippen molar-refractivity contribution in [1.82, 2.24) is 30.2 Å². The Morgan fingerprint density at radius 3 is 2.69 bits per heavy atom. The van der Waals surface area contributed by atoms with Crippen LogP contribution in [0.25, 0.3) is 5.82 Å². The van der Waals surface area contributed by atoms with Crippen LogP contribution >= 0.6 is 0 Å². The number of aromatic nitrogens is 4. The van der Waals surface area contributed by atoms with Gasteiger partial charge in [0.05, 0.1) is 18.9 Å². The molecule has 1 fully saturated rings. The van der Waals surface area contributed by atoms with E-state index in [1.54, 1.807) is 4.90 Å². The van der Waals surface area contributed by atoms with Gasteiger partial charge in [-0.1, -0.05) is 0 Å². The molecule has 9 nitrogen and oxygen atoms in total. The maximum Gasteiger partial charge on any atom is 0.434 e. The van der Waals surface area contributed by atoms with Crippen molar-refractivity contribution in [2.45, 2.75) is 25.4 Å². The molecule has 12 heteroatoms. The smallest absolute Gasteiger partial charge is 0.434 e. The van der Waals surface area contributed by atoms with Crippen LogP contribution in [0.15, 0.2) is 18.3 Å².